The van der Waals surface area contributed by atoms with Crippen molar-refractivity contribution in [2.75, 3.05) is 20.2 Å². The van der Waals surface area contributed by atoms with E-state index in [0.717, 1.165) is 41.5 Å². The van der Waals surface area contributed by atoms with Crippen LogP contribution in [0.4, 0.5) is 0 Å². The van der Waals surface area contributed by atoms with Gasteiger partial charge in [-0.2, -0.15) is 0 Å². The first kappa shape index (κ1) is 22.5. The van der Waals surface area contributed by atoms with Gasteiger partial charge in [0, 0.05) is 31.4 Å². The number of aryl methyl sites for hydroxylation is 1. The zero-order valence-electron chi connectivity index (χ0n) is 18.6. The molecule has 2 aliphatic rings. The standard InChI is InChI=1S/C23H28N4O4S/c1-15(2)27-13-18(14-27)32(29,30)26-25-22(28)12-21-19-6-4-5-16(19)7-8-20(21)17-9-10-24-23(11-17)31-3/h7-11,15,18H,4-6,12-14H2,1-3H3. The van der Waals surface area contributed by atoms with E-state index in [1.165, 1.54) is 5.56 Å². The number of aromatic nitrogens is 1. The lowest BCUT2D eigenvalue weighted by Gasteiger charge is -2.39. The summed E-state index contributed by atoms with van der Waals surface area (Å²) in [6, 6.07) is 8.08. The molecule has 1 fully saturated rings. The van der Waals surface area contributed by atoms with Crippen molar-refractivity contribution in [3.8, 4) is 17.0 Å². The number of hydrogen-bond donors (Lipinski definition) is 0. The summed E-state index contributed by atoms with van der Waals surface area (Å²) < 4.78 is 33.6. The number of ether oxygens (including phenoxy) is 1. The predicted molar refractivity (Wildman–Crippen MR) is 121 cm³/mol. The molecule has 4 rings (SSSR count). The van der Waals surface area contributed by atoms with Gasteiger partial charge in [0.2, 0.25) is 5.88 Å². The maximum absolute atomic E-state index is 12.7. The Morgan fingerprint density at radius 1 is 1.25 bits per heavy atom. The van der Waals surface area contributed by atoms with Gasteiger partial charge in [-0.15, -0.1) is 0 Å². The van der Waals surface area contributed by atoms with Gasteiger partial charge in [-0.05, 0) is 67.0 Å². The van der Waals surface area contributed by atoms with Crippen LogP contribution in [0.3, 0.4) is 0 Å². The van der Waals surface area contributed by atoms with Gasteiger partial charge in [-0.1, -0.05) is 21.8 Å². The van der Waals surface area contributed by atoms with Crippen molar-refractivity contribution in [3.05, 3.63) is 47.2 Å². The highest BCUT2D eigenvalue weighted by Crippen LogP contribution is 2.35. The molecule has 0 N–H and O–H groups in total. The molecule has 1 aromatic carbocycles. The minimum absolute atomic E-state index is 0.00491. The Bertz CT molecular complexity index is 1150. The molecule has 1 amide bonds. The number of hydrogen-bond acceptors (Lipinski definition) is 6. The smallest absolute Gasteiger partial charge is 0.276 e. The van der Waals surface area contributed by atoms with Crippen molar-refractivity contribution in [1.29, 1.82) is 0 Å². The van der Waals surface area contributed by atoms with Crippen LogP contribution in [0.2, 0.25) is 0 Å². The van der Waals surface area contributed by atoms with Crippen LogP contribution in [0.5, 0.6) is 5.88 Å². The van der Waals surface area contributed by atoms with Gasteiger partial charge in [-0.3, -0.25) is 9.69 Å². The molecule has 32 heavy (non-hydrogen) atoms. The number of nitrogens with zero attached hydrogens (tertiary/aromatic N) is 4. The predicted octanol–water partition coefficient (Wildman–Crippen LogP) is 3.19. The van der Waals surface area contributed by atoms with E-state index >= 15 is 0 Å². The summed E-state index contributed by atoms with van der Waals surface area (Å²) in [6.45, 7) is 4.88. The molecule has 0 bridgehead atoms. The molecule has 170 valence electrons. The molecule has 0 unspecified atom stereocenters. The van der Waals surface area contributed by atoms with Gasteiger partial charge in [-0.25, -0.2) is 13.4 Å². The number of sulfonamides is 1. The maximum atomic E-state index is 12.7. The molecule has 1 saturated heterocycles. The van der Waals surface area contributed by atoms with E-state index in [9.17, 15) is 13.2 Å². The molecule has 8 nitrogen and oxygen atoms in total. The first-order valence-electron chi connectivity index (χ1n) is 10.9. The second-order valence-electron chi connectivity index (χ2n) is 8.61. The molecule has 2 aromatic rings. The van der Waals surface area contributed by atoms with Gasteiger partial charge in [0.05, 0.1) is 13.5 Å². The molecule has 0 radical (unpaired) electrons. The first-order chi connectivity index (χ1) is 15.3. The summed E-state index contributed by atoms with van der Waals surface area (Å²) in [6.07, 6.45) is 4.56. The van der Waals surface area contributed by atoms with E-state index in [4.69, 9.17) is 4.74 Å². The fourth-order valence-electron chi connectivity index (χ4n) is 4.34. The van der Waals surface area contributed by atoms with Crippen molar-refractivity contribution < 1.29 is 17.9 Å². The van der Waals surface area contributed by atoms with E-state index in [1.54, 1.807) is 13.3 Å². The minimum Gasteiger partial charge on any atom is -0.481 e. The van der Waals surface area contributed by atoms with E-state index in [1.807, 2.05) is 36.9 Å². The number of amides is 1. The first-order valence-corrected chi connectivity index (χ1v) is 12.4. The van der Waals surface area contributed by atoms with Crippen LogP contribution >= 0.6 is 0 Å². The molecular weight excluding hydrogens is 428 g/mol. The molecule has 1 aromatic heterocycles. The van der Waals surface area contributed by atoms with E-state index in [-0.39, 0.29) is 12.5 Å². The molecule has 2 heterocycles. The van der Waals surface area contributed by atoms with Crippen LogP contribution in [0.25, 0.3) is 11.1 Å². The van der Waals surface area contributed by atoms with Crippen LogP contribution < -0.4 is 4.74 Å². The van der Waals surface area contributed by atoms with Gasteiger partial charge in [0.15, 0.2) is 0 Å². The van der Waals surface area contributed by atoms with Crippen LogP contribution in [-0.4, -0.2) is 55.7 Å². The zero-order chi connectivity index (χ0) is 22.9. The van der Waals surface area contributed by atoms with Crippen molar-refractivity contribution in [2.24, 2.45) is 9.63 Å². The normalized spacial score (nSPS) is 17.0. The van der Waals surface area contributed by atoms with Crippen molar-refractivity contribution in [3.63, 3.8) is 0 Å². The third-order valence-electron chi connectivity index (χ3n) is 6.28. The SMILES string of the molecule is COc1cc(-c2ccc3c(c2CC(=O)N=NS(=O)(=O)C2CN(C(C)C)C2)CCC3)ccn1. The second-order valence-corrected chi connectivity index (χ2v) is 10.5. The number of rotatable bonds is 7. The number of likely N-dealkylation sites (tertiary alicyclic amines) is 1. The molecule has 0 saturated carbocycles. The third kappa shape index (κ3) is 4.59. The average molecular weight is 457 g/mol. The number of carbonyl (C=O) groups is 1. The topological polar surface area (TPSA) is 101 Å². The highest BCUT2D eigenvalue weighted by molar-refractivity contribution is 7.90. The Kier molecular flexibility index (Phi) is 6.39. The van der Waals surface area contributed by atoms with Crippen molar-refractivity contribution >= 4 is 15.9 Å². The Hall–Kier alpha value is -2.65. The van der Waals surface area contributed by atoms with Gasteiger partial charge >= 0.3 is 0 Å². The van der Waals surface area contributed by atoms with E-state index in [2.05, 4.69) is 20.7 Å². The molecule has 1 aliphatic heterocycles. The van der Waals surface area contributed by atoms with Crippen LogP contribution in [0, 0.1) is 0 Å². The second kappa shape index (κ2) is 9.07. The quantitative estimate of drug-likeness (QED) is 0.593. The van der Waals surface area contributed by atoms with Crippen LogP contribution in [0.15, 0.2) is 40.1 Å². The zero-order valence-corrected chi connectivity index (χ0v) is 19.4. The van der Waals surface area contributed by atoms with Gasteiger partial charge in [0.1, 0.15) is 5.25 Å². The Morgan fingerprint density at radius 2 is 2.03 bits per heavy atom. The number of methoxy groups -OCH3 is 1. The molecular formula is C23H28N4O4S. The Labute approximate surface area is 188 Å². The number of fused-ring (bicyclic) bond motifs is 1. The largest absolute Gasteiger partial charge is 0.481 e. The summed E-state index contributed by atoms with van der Waals surface area (Å²) in [5.41, 5.74) is 5.05. The van der Waals surface area contributed by atoms with Crippen LogP contribution in [-0.2, 0) is 34.1 Å². The fourth-order valence-corrected chi connectivity index (χ4v) is 5.44. The summed E-state index contributed by atoms with van der Waals surface area (Å²) in [5.74, 6) is -0.0711. The minimum atomic E-state index is -3.79. The number of carbonyl (C=O) groups excluding carboxylic acids is 1. The summed E-state index contributed by atoms with van der Waals surface area (Å²) >= 11 is 0. The van der Waals surface area contributed by atoms with E-state index in [0.29, 0.717) is 19.0 Å². The van der Waals surface area contributed by atoms with Crippen molar-refractivity contribution in [2.45, 2.75) is 50.8 Å². The average Bonchev–Trinajstić information content (AvgIpc) is 3.20. The summed E-state index contributed by atoms with van der Waals surface area (Å²) in [4.78, 5) is 18.9. The molecule has 9 heteroatoms. The highest BCUT2D eigenvalue weighted by Gasteiger charge is 2.38. The monoisotopic (exact) mass is 456 g/mol. The highest BCUT2D eigenvalue weighted by atomic mass is 32.2. The lowest BCUT2D eigenvalue weighted by Crippen LogP contribution is -2.56. The number of benzene rings is 1. The maximum Gasteiger partial charge on any atom is 0.276 e. The Balaban J connectivity index is 1.56. The molecule has 0 atom stereocenters. The van der Waals surface area contributed by atoms with Gasteiger partial charge < -0.3 is 4.74 Å². The fraction of sp³-hybridized carbons (Fsp3) is 0.478. The summed E-state index contributed by atoms with van der Waals surface area (Å²) in [5, 5.41) is 3.01. The Morgan fingerprint density at radius 3 is 2.75 bits per heavy atom. The third-order valence-corrected chi connectivity index (χ3v) is 7.73. The van der Waals surface area contributed by atoms with Crippen molar-refractivity contribution in [1.82, 2.24) is 9.88 Å². The summed E-state index contributed by atoms with van der Waals surface area (Å²) in [7, 11) is -2.23. The lowest BCUT2D eigenvalue weighted by molar-refractivity contribution is -0.117. The molecule has 0 spiro atoms. The lowest BCUT2D eigenvalue weighted by atomic mass is 9.91. The van der Waals surface area contributed by atoms with Crippen LogP contribution in [0.1, 0.15) is 37.0 Å². The molecule has 1 aliphatic carbocycles. The number of pyridine rings is 1. The van der Waals surface area contributed by atoms with Gasteiger partial charge in [0.25, 0.3) is 15.9 Å². The van der Waals surface area contributed by atoms with E-state index < -0.39 is 21.2 Å².